The Kier molecular flexibility index (Phi) is 5.70. The van der Waals surface area contributed by atoms with E-state index in [4.69, 9.17) is 14.2 Å². The number of benzene rings is 2. The van der Waals surface area contributed by atoms with E-state index in [1.54, 1.807) is 0 Å². The molecule has 140 valence electrons. The standard InChI is InChI=1S/C22H23NO3S/c1-2-24-14-15-25-20-5-3-4-18-19(20)10-11-21(18)26-17-8-6-16(7-9-17)22-12-13-23-27-22/h3-9,12-13,21H,2,10-11,14-15H2,1H3. The third-order valence-corrected chi connectivity index (χ3v) is 5.51. The van der Waals surface area contributed by atoms with Crippen LogP contribution in [0.4, 0.5) is 0 Å². The zero-order chi connectivity index (χ0) is 18.5. The molecule has 2 aromatic carbocycles. The number of nitrogens with zero attached hydrogens (tertiary/aromatic N) is 1. The van der Waals surface area contributed by atoms with E-state index in [1.807, 2.05) is 43.5 Å². The molecule has 0 N–H and O–H groups in total. The Morgan fingerprint density at radius 1 is 1.07 bits per heavy atom. The topological polar surface area (TPSA) is 40.6 Å². The van der Waals surface area contributed by atoms with Crippen LogP contribution in [0.25, 0.3) is 10.4 Å². The summed E-state index contributed by atoms with van der Waals surface area (Å²) in [6.45, 7) is 3.90. The van der Waals surface area contributed by atoms with Crippen LogP contribution < -0.4 is 9.47 Å². The van der Waals surface area contributed by atoms with Crippen molar-refractivity contribution in [3.63, 3.8) is 0 Å². The van der Waals surface area contributed by atoms with Crippen molar-refractivity contribution in [2.75, 3.05) is 19.8 Å². The highest BCUT2D eigenvalue weighted by atomic mass is 32.1. The second-order valence-electron chi connectivity index (χ2n) is 6.42. The SMILES string of the molecule is CCOCCOc1cccc2c1CCC2Oc1ccc(-c2ccns2)cc1. The van der Waals surface area contributed by atoms with Gasteiger partial charge in [0.1, 0.15) is 24.2 Å². The van der Waals surface area contributed by atoms with Crippen molar-refractivity contribution in [2.45, 2.75) is 25.9 Å². The molecule has 1 atom stereocenters. The summed E-state index contributed by atoms with van der Waals surface area (Å²) in [5.74, 6) is 1.85. The van der Waals surface area contributed by atoms with Gasteiger partial charge in [0, 0.05) is 18.4 Å². The Hall–Kier alpha value is -2.37. The molecular weight excluding hydrogens is 358 g/mol. The predicted molar refractivity (Wildman–Crippen MR) is 108 cm³/mol. The van der Waals surface area contributed by atoms with Crippen LogP contribution in [-0.2, 0) is 11.2 Å². The molecule has 1 aromatic heterocycles. The van der Waals surface area contributed by atoms with Crippen LogP contribution in [0, 0.1) is 0 Å². The van der Waals surface area contributed by atoms with Crippen molar-refractivity contribution < 1.29 is 14.2 Å². The molecule has 0 spiro atoms. The normalized spacial score (nSPS) is 15.5. The molecule has 1 aliphatic carbocycles. The molecule has 4 rings (SSSR count). The first-order valence-corrected chi connectivity index (χ1v) is 10.1. The summed E-state index contributed by atoms with van der Waals surface area (Å²) >= 11 is 1.50. The minimum atomic E-state index is 0.0738. The first kappa shape index (κ1) is 18.0. The molecule has 1 unspecified atom stereocenters. The molecule has 0 saturated carbocycles. The van der Waals surface area contributed by atoms with E-state index in [2.05, 4.69) is 22.6 Å². The molecule has 3 aromatic rings. The van der Waals surface area contributed by atoms with E-state index >= 15 is 0 Å². The lowest BCUT2D eigenvalue weighted by atomic mass is 10.1. The van der Waals surface area contributed by atoms with Crippen LogP contribution in [0.5, 0.6) is 11.5 Å². The Bertz CT molecular complexity index is 862. The minimum absolute atomic E-state index is 0.0738. The maximum Gasteiger partial charge on any atom is 0.124 e. The fourth-order valence-electron chi connectivity index (χ4n) is 3.42. The van der Waals surface area contributed by atoms with Gasteiger partial charge >= 0.3 is 0 Å². The van der Waals surface area contributed by atoms with Gasteiger partial charge in [0.05, 0.1) is 11.5 Å². The van der Waals surface area contributed by atoms with E-state index < -0.39 is 0 Å². The first-order valence-electron chi connectivity index (χ1n) is 9.35. The summed E-state index contributed by atoms with van der Waals surface area (Å²) in [7, 11) is 0. The highest BCUT2D eigenvalue weighted by molar-refractivity contribution is 7.09. The number of rotatable bonds is 8. The number of hydrogen-bond donors (Lipinski definition) is 0. The van der Waals surface area contributed by atoms with Crippen molar-refractivity contribution in [3.05, 3.63) is 65.9 Å². The summed E-state index contributed by atoms with van der Waals surface area (Å²) in [4.78, 5) is 1.17. The first-order chi connectivity index (χ1) is 13.3. The third-order valence-electron chi connectivity index (χ3n) is 4.72. The second-order valence-corrected chi connectivity index (χ2v) is 7.25. The number of hydrogen-bond acceptors (Lipinski definition) is 5. The Morgan fingerprint density at radius 3 is 2.74 bits per heavy atom. The predicted octanol–water partition coefficient (Wildman–Crippen LogP) is 5.29. The van der Waals surface area contributed by atoms with E-state index in [1.165, 1.54) is 33.1 Å². The van der Waals surface area contributed by atoms with Crippen LogP contribution in [0.15, 0.2) is 54.7 Å². The van der Waals surface area contributed by atoms with Crippen LogP contribution >= 0.6 is 11.5 Å². The molecular formula is C22H23NO3S. The van der Waals surface area contributed by atoms with Crippen molar-refractivity contribution in [1.82, 2.24) is 4.37 Å². The molecule has 1 aliphatic rings. The molecule has 4 nitrogen and oxygen atoms in total. The van der Waals surface area contributed by atoms with Crippen molar-refractivity contribution >= 4 is 11.5 Å². The van der Waals surface area contributed by atoms with Crippen molar-refractivity contribution in [2.24, 2.45) is 0 Å². The van der Waals surface area contributed by atoms with E-state index in [9.17, 15) is 0 Å². The number of fused-ring (bicyclic) bond motifs is 1. The lowest BCUT2D eigenvalue weighted by Gasteiger charge is -2.16. The second kappa shape index (κ2) is 8.55. The van der Waals surface area contributed by atoms with Crippen LogP contribution in [-0.4, -0.2) is 24.2 Å². The van der Waals surface area contributed by atoms with Crippen LogP contribution in [0.1, 0.15) is 30.6 Å². The lowest BCUT2D eigenvalue weighted by Crippen LogP contribution is -2.08. The molecule has 0 fully saturated rings. The van der Waals surface area contributed by atoms with Gasteiger partial charge in [-0.2, -0.15) is 0 Å². The van der Waals surface area contributed by atoms with Gasteiger partial charge in [-0.1, -0.05) is 12.1 Å². The molecule has 1 heterocycles. The smallest absolute Gasteiger partial charge is 0.124 e. The summed E-state index contributed by atoms with van der Waals surface area (Å²) in [6, 6.07) is 16.5. The molecule has 0 aliphatic heterocycles. The highest BCUT2D eigenvalue weighted by Gasteiger charge is 2.26. The minimum Gasteiger partial charge on any atom is -0.491 e. The quantitative estimate of drug-likeness (QED) is 0.497. The molecule has 0 bridgehead atoms. The summed E-state index contributed by atoms with van der Waals surface area (Å²) < 4.78 is 21.7. The summed E-state index contributed by atoms with van der Waals surface area (Å²) in [6.07, 6.45) is 3.85. The largest absolute Gasteiger partial charge is 0.491 e. The highest BCUT2D eigenvalue weighted by Crippen LogP contribution is 2.39. The molecule has 0 amide bonds. The average Bonchev–Trinajstić information content (AvgIpc) is 3.37. The van der Waals surface area contributed by atoms with E-state index in [0.29, 0.717) is 19.8 Å². The van der Waals surface area contributed by atoms with E-state index in [0.717, 1.165) is 24.3 Å². The summed E-state index contributed by atoms with van der Waals surface area (Å²) in [5, 5.41) is 0. The monoisotopic (exact) mass is 381 g/mol. The Balaban J connectivity index is 1.43. The lowest BCUT2D eigenvalue weighted by molar-refractivity contribution is 0.110. The summed E-state index contributed by atoms with van der Waals surface area (Å²) in [5.41, 5.74) is 3.66. The molecule has 0 radical (unpaired) electrons. The fourth-order valence-corrected chi connectivity index (χ4v) is 4.02. The third kappa shape index (κ3) is 4.15. The van der Waals surface area contributed by atoms with Gasteiger partial charge in [0.25, 0.3) is 0 Å². The Labute approximate surface area is 163 Å². The van der Waals surface area contributed by atoms with Gasteiger partial charge in [-0.15, -0.1) is 0 Å². The van der Waals surface area contributed by atoms with Crippen molar-refractivity contribution in [1.29, 1.82) is 0 Å². The van der Waals surface area contributed by atoms with Crippen LogP contribution in [0.2, 0.25) is 0 Å². The maximum atomic E-state index is 6.28. The molecule has 0 saturated heterocycles. The van der Waals surface area contributed by atoms with Gasteiger partial charge in [-0.25, -0.2) is 4.37 Å². The molecule has 5 heteroatoms. The zero-order valence-electron chi connectivity index (χ0n) is 15.4. The van der Waals surface area contributed by atoms with Gasteiger partial charge in [0.15, 0.2) is 0 Å². The molecule has 27 heavy (non-hydrogen) atoms. The number of aromatic nitrogens is 1. The maximum absolute atomic E-state index is 6.28. The Morgan fingerprint density at radius 2 is 1.96 bits per heavy atom. The van der Waals surface area contributed by atoms with Crippen LogP contribution in [0.3, 0.4) is 0 Å². The van der Waals surface area contributed by atoms with Gasteiger partial charge in [-0.05, 0) is 78.8 Å². The van der Waals surface area contributed by atoms with Gasteiger partial charge < -0.3 is 14.2 Å². The fraction of sp³-hybridized carbons (Fsp3) is 0.318. The number of ether oxygens (including phenoxy) is 3. The van der Waals surface area contributed by atoms with Crippen molar-refractivity contribution in [3.8, 4) is 21.9 Å². The van der Waals surface area contributed by atoms with E-state index in [-0.39, 0.29) is 6.10 Å². The van der Waals surface area contributed by atoms with Gasteiger partial charge in [0.2, 0.25) is 0 Å². The average molecular weight is 381 g/mol. The van der Waals surface area contributed by atoms with Gasteiger partial charge in [-0.3, -0.25) is 0 Å². The zero-order valence-corrected chi connectivity index (χ0v) is 16.2.